The number of nitrogens with zero attached hydrogens (tertiary/aromatic N) is 1. The van der Waals surface area contributed by atoms with Crippen molar-refractivity contribution < 1.29 is 22.8 Å². The normalized spacial score (nSPS) is 10.9. The molecule has 8 nitrogen and oxygen atoms in total. The molecule has 2 amide bonds. The molecule has 0 spiro atoms. The molecule has 0 bridgehead atoms. The lowest BCUT2D eigenvalue weighted by Crippen LogP contribution is -2.25. The number of ketones is 2. The topological polar surface area (TPSA) is 113 Å². The summed E-state index contributed by atoms with van der Waals surface area (Å²) in [5.41, 5.74) is 1.51. The minimum Gasteiger partial charge on any atom is -0.308 e. The number of hydrogen-bond donors (Lipinski definition) is 2. The maximum Gasteiger partial charge on any atom is 0.323 e. The smallest absolute Gasteiger partial charge is 0.308 e. The molecule has 0 aliphatic carbocycles. The summed E-state index contributed by atoms with van der Waals surface area (Å²) in [6.07, 6.45) is -0.262. The van der Waals surface area contributed by atoms with Crippen molar-refractivity contribution in [2.45, 2.75) is 17.6 Å². The zero-order valence-corrected chi connectivity index (χ0v) is 19.0. The number of carbonyl (C=O) groups excluding carboxylic acids is 3. The number of amides is 2. The number of carbonyl (C=O) groups is 3. The maximum absolute atomic E-state index is 12.9. The van der Waals surface area contributed by atoms with E-state index in [1.165, 1.54) is 26.1 Å². The Kier molecular flexibility index (Phi) is 7.06. The Bertz CT molecular complexity index is 1240. The van der Waals surface area contributed by atoms with Gasteiger partial charge in [0.15, 0.2) is 5.78 Å². The molecule has 0 aliphatic rings. The SMILES string of the molecule is CC(=O)CC(=O)c1ccc(S(=O)(=O)N(C)c2ccc(NC(=O)Nc3ccccc3)cc2)s1. The third kappa shape index (κ3) is 5.59. The fourth-order valence-corrected chi connectivity index (χ4v) is 5.38. The van der Waals surface area contributed by atoms with E-state index in [0.29, 0.717) is 17.1 Å². The number of para-hydroxylation sites is 1. The highest BCUT2D eigenvalue weighted by Crippen LogP contribution is 2.29. The molecule has 0 unspecified atom stereocenters. The van der Waals surface area contributed by atoms with Gasteiger partial charge in [-0.25, -0.2) is 13.2 Å². The van der Waals surface area contributed by atoms with Crippen LogP contribution >= 0.6 is 11.3 Å². The summed E-state index contributed by atoms with van der Waals surface area (Å²) in [4.78, 5) is 35.5. The Morgan fingerprint density at radius 3 is 2.06 bits per heavy atom. The predicted octanol–water partition coefficient (Wildman–Crippen LogP) is 4.38. The monoisotopic (exact) mass is 471 g/mol. The summed E-state index contributed by atoms with van der Waals surface area (Å²) in [6, 6.07) is 17.6. The van der Waals surface area contributed by atoms with Crippen LogP contribution in [0.4, 0.5) is 21.9 Å². The Morgan fingerprint density at radius 1 is 0.875 bits per heavy atom. The van der Waals surface area contributed by atoms with Crippen molar-refractivity contribution in [1.29, 1.82) is 0 Å². The van der Waals surface area contributed by atoms with Crippen LogP contribution in [0.15, 0.2) is 70.9 Å². The Morgan fingerprint density at radius 2 is 1.47 bits per heavy atom. The number of benzene rings is 2. The average Bonchev–Trinajstić information content (AvgIpc) is 3.25. The number of Topliss-reactive ketones (excluding diaryl/α,β-unsaturated/α-hetero) is 2. The molecule has 0 radical (unpaired) electrons. The molecule has 0 atom stereocenters. The van der Waals surface area contributed by atoms with Gasteiger partial charge in [0, 0.05) is 18.4 Å². The number of hydrogen-bond acceptors (Lipinski definition) is 6. The Balaban J connectivity index is 1.68. The van der Waals surface area contributed by atoms with Crippen LogP contribution in [-0.2, 0) is 14.8 Å². The van der Waals surface area contributed by atoms with Crippen molar-refractivity contribution in [2.24, 2.45) is 0 Å². The predicted molar refractivity (Wildman–Crippen MR) is 125 cm³/mol. The third-order valence-corrected chi connectivity index (χ3v) is 7.78. The highest BCUT2D eigenvalue weighted by molar-refractivity contribution is 7.94. The van der Waals surface area contributed by atoms with Crippen molar-refractivity contribution in [3.8, 4) is 0 Å². The van der Waals surface area contributed by atoms with E-state index in [0.717, 1.165) is 15.6 Å². The van der Waals surface area contributed by atoms with Crippen molar-refractivity contribution >= 4 is 56.0 Å². The minimum absolute atomic E-state index is 0.00339. The van der Waals surface area contributed by atoms with Crippen LogP contribution in [0.1, 0.15) is 23.0 Å². The lowest BCUT2D eigenvalue weighted by atomic mass is 10.2. The van der Waals surface area contributed by atoms with Gasteiger partial charge < -0.3 is 10.6 Å². The number of thiophene rings is 1. The summed E-state index contributed by atoms with van der Waals surface area (Å²) in [5, 5.41) is 5.37. The molecule has 0 fully saturated rings. The number of sulfonamides is 1. The molecule has 0 saturated heterocycles. The molecule has 1 aromatic heterocycles. The number of rotatable bonds is 8. The van der Waals surface area contributed by atoms with E-state index in [-0.39, 0.29) is 21.3 Å². The van der Waals surface area contributed by atoms with Crippen LogP contribution in [0, 0.1) is 0 Å². The Labute approximate surface area is 189 Å². The van der Waals surface area contributed by atoms with Gasteiger partial charge in [0.05, 0.1) is 17.0 Å². The second kappa shape index (κ2) is 9.75. The van der Waals surface area contributed by atoms with Gasteiger partial charge in [0.25, 0.3) is 10.0 Å². The molecular weight excluding hydrogens is 450 g/mol. The quantitative estimate of drug-likeness (QED) is 0.374. The van der Waals surface area contributed by atoms with Crippen molar-refractivity contribution in [3.05, 3.63) is 71.6 Å². The lowest BCUT2D eigenvalue weighted by molar-refractivity contribution is -0.116. The van der Waals surface area contributed by atoms with Gasteiger partial charge in [-0.1, -0.05) is 18.2 Å². The summed E-state index contributed by atoms with van der Waals surface area (Å²) >= 11 is 0.829. The standard InChI is InChI=1S/C22H21N3O5S2/c1-15(26)14-19(27)20-12-13-21(31-20)32(29,30)25(2)18-10-8-17(9-11-18)24-22(28)23-16-6-4-3-5-7-16/h3-13H,14H2,1-2H3,(H2,23,24,28). The highest BCUT2D eigenvalue weighted by atomic mass is 32.2. The molecule has 0 aliphatic heterocycles. The van der Waals surface area contributed by atoms with Crippen LogP contribution < -0.4 is 14.9 Å². The van der Waals surface area contributed by atoms with Gasteiger partial charge in [0.1, 0.15) is 9.99 Å². The average molecular weight is 472 g/mol. The first-order valence-electron chi connectivity index (χ1n) is 9.51. The second-order valence-electron chi connectivity index (χ2n) is 6.89. The zero-order valence-electron chi connectivity index (χ0n) is 17.4. The van der Waals surface area contributed by atoms with Crippen LogP contribution in [0.25, 0.3) is 0 Å². The van der Waals surface area contributed by atoms with E-state index in [1.54, 1.807) is 48.5 Å². The van der Waals surface area contributed by atoms with E-state index in [9.17, 15) is 22.8 Å². The fourth-order valence-electron chi connectivity index (χ4n) is 2.77. The van der Waals surface area contributed by atoms with Gasteiger partial charge in [0.2, 0.25) is 0 Å². The van der Waals surface area contributed by atoms with Gasteiger partial charge in [-0.2, -0.15) is 0 Å². The lowest BCUT2D eigenvalue weighted by Gasteiger charge is -2.19. The second-order valence-corrected chi connectivity index (χ2v) is 10.2. The number of anilines is 3. The molecule has 3 rings (SSSR count). The first kappa shape index (κ1) is 23.2. The third-order valence-electron chi connectivity index (χ3n) is 4.40. The summed E-state index contributed by atoms with van der Waals surface area (Å²) in [7, 11) is -2.50. The molecular formula is C22H21N3O5S2. The maximum atomic E-state index is 12.9. The highest BCUT2D eigenvalue weighted by Gasteiger charge is 2.25. The summed E-state index contributed by atoms with van der Waals surface area (Å²) in [5.74, 6) is -0.688. The van der Waals surface area contributed by atoms with Crippen molar-refractivity contribution in [1.82, 2.24) is 0 Å². The van der Waals surface area contributed by atoms with Gasteiger partial charge >= 0.3 is 6.03 Å². The van der Waals surface area contributed by atoms with E-state index in [1.807, 2.05) is 6.07 Å². The van der Waals surface area contributed by atoms with Gasteiger partial charge in [-0.15, -0.1) is 11.3 Å². The van der Waals surface area contributed by atoms with E-state index < -0.39 is 21.8 Å². The molecule has 10 heteroatoms. The van der Waals surface area contributed by atoms with Crippen LogP contribution in [-0.4, -0.2) is 33.1 Å². The molecule has 2 aromatic carbocycles. The zero-order chi connectivity index (χ0) is 23.3. The molecule has 1 heterocycles. The first-order chi connectivity index (χ1) is 15.2. The van der Waals surface area contributed by atoms with Gasteiger partial charge in [-0.3, -0.25) is 13.9 Å². The Hall–Kier alpha value is -3.50. The first-order valence-corrected chi connectivity index (χ1v) is 11.8. The number of nitrogens with one attached hydrogen (secondary N) is 2. The molecule has 166 valence electrons. The largest absolute Gasteiger partial charge is 0.323 e. The molecule has 0 saturated carbocycles. The van der Waals surface area contributed by atoms with Crippen LogP contribution in [0.2, 0.25) is 0 Å². The minimum atomic E-state index is -3.89. The summed E-state index contributed by atoms with van der Waals surface area (Å²) < 4.78 is 27.0. The molecule has 2 N–H and O–H groups in total. The van der Waals surface area contributed by atoms with E-state index in [2.05, 4.69) is 10.6 Å². The molecule has 3 aromatic rings. The van der Waals surface area contributed by atoms with Crippen molar-refractivity contribution in [3.63, 3.8) is 0 Å². The molecule has 32 heavy (non-hydrogen) atoms. The van der Waals surface area contributed by atoms with E-state index in [4.69, 9.17) is 0 Å². The number of urea groups is 1. The van der Waals surface area contributed by atoms with Crippen molar-refractivity contribution in [2.75, 3.05) is 22.0 Å². The van der Waals surface area contributed by atoms with Gasteiger partial charge in [-0.05, 0) is 55.5 Å². The fraction of sp³-hybridized carbons (Fsp3) is 0.136. The van der Waals surface area contributed by atoms with Crippen LogP contribution in [0.3, 0.4) is 0 Å². The van der Waals surface area contributed by atoms with Crippen LogP contribution in [0.5, 0.6) is 0 Å². The summed E-state index contributed by atoms with van der Waals surface area (Å²) in [6.45, 7) is 1.31. The van der Waals surface area contributed by atoms with E-state index >= 15 is 0 Å².